The molecule has 2 N–H and O–H groups in total. The average molecular weight is 274 g/mol. The first-order valence-electron chi connectivity index (χ1n) is 7.61. The van der Waals surface area contributed by atoms with E-state index in [-0.39, 0.29) is 6.03 Å². The summed E-state index contributed by atoms with van der Waals surface area (Å²) < 4.78 is 0. The van der Waals surface area contributed by atoms with E-state index in [4.69, 9.17) is 0 Å². The maximum atomic E-state index is 12.5. The fraction of sp³-hybridized carbons (Fsp3) is 0.562. The number of para-hydroxylation sites is 1. The molecule has 0 bridgehead atoms. The molecule has 0 spiro atoms. The van der Waals surface area contributed by atoms with Crippen LogP contribution < -0.4 is 10.2 Å². The Morgan fingerprint density at radius 2 is 1.90 bits per heavy atom. The number of hydrogen-bond donors (Lipinski definition) is 2. The molecule has 20 heavy (non-hydrogen) atoms. The Bertz CT molecular complexity index is 483. The summed E-state index contributed by atoms with van der Waals surface area (Å²) in [7, 11) is 0. The first kappa shape index (κ1) is 13.4. The second kappa shape index (κ2) is 5.83. The molecule has 1 unspecified atom stereocenters. The molecule has 1 atom stereocenters. The second-order valence-corrected chi connectivity index (χ2v) is 5.80. The number of aliphatic hydroxyl groups is 1. The van der Waals surface area contributed by atoms with Gasteiger partial charge in [0.25, 0.3) is 0 Å². The van der Waals surface area contributed by atoms with Crippen LogP contribution in [0.1, 0.15) is 50.2 Å². The zero-order chi connectivity index (χ0) is 13.9. The Morgan fingerprint density at radius 3 is 2.70 bits per heavy atom. The molecule has 0 saturated heterocycles. The van der Waals surface area contributed by atoms with Gasteiger partial charge in [0.2, 0.25) is 0 Å². The van der Waals surface area contributed by atoms with E-state index in [1.807, 2.05) is 24.3 Å². The third kappa shape index (κ3) is 2.66. The van der Waals surface area contributed by atoms with Crippen LogP contribution in [0.2, 0.25) is 0 Å². The molecular formula is C16H22N2O2. The predicted molar refractivity (Wildman–Crippen MR) is 78.8 cm³/mol. The molecule has 4 heteroatoms. The largest absolute Gasteiger partial charge is 0.388 e. The van der Waals surface area contributed by atoms with Crippen molar-refractivity contribution in [3.05, 3.63) is 29.8 Å². The molecule has 2 aliphatic rings. The molecule has 1 aliphatic carbocycles. The quantitative estimate of drug-likeness (QED) is 0.827. The first-order chi connectivity index (χ1) is 9.75. The van der Waals surface area contributed by atoms with E-state index in [2.05, 4.69) is 5.32 Å². The number of carbonyl (C=O) groups excluding carboxylic acids is 1. The van der Waals surface area contributed by atoms with Crippen molar-refractivity contribution in [2.75, 3.05) is 11.4 Å². The number of aliphatic hydroxyl groups excluding tert-OH is 1. The Kier molecular flexibility index (Phi) is 3.92. The number of amides is 2. The van der Waals surface area contributed by atoms with Crippen LogP contribution in [0.15, 0.2) is 24.3 Å². The van der Waals surface area contributed by atoms with Crippen LogP contribution in [-0.4, -0.2) is 23.7 Å². The number of anilines is 1. The molecule has 0 aromatic heterocycles. The van der Waals surface area contributed by atoms with Crippen LogP contribution >= 0.6 is 0 Å². The van der Waals surface area contributed by atoms with Crippen molar-refractivity contribution in [2.24, 2.45) is 0 Å². The lowest BCUT2D eigenvalue weighted by molar-refractivity contribution is 0.168. The van der Waals surface area contributed by atoms with Crippen LogP contribution in [0.25, 0.3) is 0 Å². The van der Waals surface area contributed by atoms with E-state index >= 15 is 0 Å². The smallest absolute Gasteiger partial charge is 0.322 e. The van der Waals surface area contributed by atoms with Gasteiger partial charge in [-0.1, -0.05) is 31.0 Å². The maximum absolute atomic E-state index is 12.5. The minimum Gasteiger partial charge on any atom is -0.388 e. The monoisotopic (exact) mass is 274 g/mol. The van der Waals surface area contributed by atoms with Crippen LogP contribution in [0.5, 0.6) is 0 Å². The highest BCUT2D eigenvalue weighted by Gasteiger charge is 2.27. The Hall–Kier alpha value is -1.55. The van der Waals surface area contributed by atoms with E-state index in [1.54, 1.807) is 4.90 Å². The van der Waals surface area contributed by atoms with Gasteiger partial charge in [-0.25, -0.2) is 4.79 Å². The molecule has 3 rings (SSSR count). The summed E-state index contributed by atoms with van der Waals surface area (Å²) in [4.78, 5) is 14.3. The molecule has 2 amide bonds. The number of benzene rings is 1. The van der Waals surface area contributed by atoms with Gasteiger partial charge < -0.3 is 10.4 Å². The lowest BCUT2D eigenvalue weighted by Gasteiger charge is -2.25. The lowest BCUT2D eigenvalue weighted by Crippen LogP contribution is -2.44. The average Bonchev–Trinajstić information content (AvgIpc) is 2.90. The van der Waals surface area contributed by atoms with Crippen molar-refractivity contribution in [1.82, 2.24) is 5.32 Å². The summed E-state index contributed by atoms with van der Waals surface area (Å²) >= 11 is 0. The van der Waals surface area contributed by atoms with Crippen molar-refractivity contribution in [1.29, 1.82) is 0 Å². The summed E-state index contributed by atoms with van der Waals surface area (Å²) in [6, 6.07) is 7.99. The third-order valence-corrected chi connectivity index (χ3v) is 4.37. The topological polar surface area (TPSA) is 52.6 Å². The molecule has 1 heterocycles. The first-order valence-corrected chi connectivity index (χ1v) is 7.61. The molecule has 0 radical (unpaired) electrons. The standard InChI is InChI=1S/C16H22N2O2/c19-15-10-5-11-18(14-9-4-3-8-13(14)15)16(20)17-12-6-1-2-7-12/h3-4,8-9,12,15,19H,1-2,5-7,10-11H2,(H,17,20). The summed E-state index contributed by atoms with van der Waals surface area (Å²) in [5, 5.41) is 13.3. The minimum absolute atomic E-state index is 0.0153. The predicted octanol–water partition coefficient (Wildman–Crippen LogP) is 2.97. The van der Waals surface area contributed by atoms with Gasteiger partial charge in [-0.05, 0) is 31.7 Å². The van der Waals surface area contributed by atoms with Crippen molar-refractivity contribution in [3.8, 4) is 0 Å². The van der Waals surface area contributed by atoms with Crippen molar-refractivity contribution < 1.29 is 9.90 Å². The highest BCUT2D eigenvalue weighted by atomic mass is 16.3. The van der Waals surface area contributed by atoms with E-state index in [9.17, 15) is 9.90 Å². The molecule has 1 aliphatic heterocycles. The van der Waals surface area contributed by atoms with E-state index in [0.717, 1.165) is 30.5 Å². The zero-order valence-electron chi connectivity index (χ0n) is 11.7. The highest BCUT2D eigenvalue weighted by molar-refractivity contribution is 5.93. The van der Waals surface area contributed by atoms with E-state index in [1.165, 1.54) is 12.8 Å². The number of carbonyl (C=O) groups is 1. The van der Waals surface area contributed by atoms with Gasteiger partial charge in [-0.3, -0.25) is 4.90 Å². The number of nitrogens with zero attached hydrogens (tertiary/aromatic N) is 1. The fourth-order valence-electron chi connectivity index (χ4n) is 3.27. The SMILES string of the molecule is O=C(NC1CCCC1)N1CCCC(O)c2ccccc21. The fourth-order valence-corrected chi connectivity index (χ4v) is 3.27. The van der Waals surface area contributed by atoms with Crippen molar-refractivity contribution in [2.45, 2.75) is 50.7 Å². The van der Waals surface area contributed by atoms with Gasteiger partial charge in [-0.2, -0.15) is 0 Å². The Morgan fingerprint density at radius 1 is 1.15 bits per heavy atom. The summed E-state index contributed by atoms with van der Waals surface area (Å²) in [6.45, 7) is 0.673. The third-order valence-electron chi connectivity index (χ3n) is 4.37. The summed E-state index contributed by atoms with van der Waals surface area (Å²) in [5.74, 6) is 0. The number of urea groups is 1. The molecule has 108 valence electrons. The van der Waals surface area contributed by atoms with Gasteiger partial charge in [0.1, 0.15) is 0 Å². The van der Waals surface area contributed by atoms with Gasteiger partial charge in [-0.15, -0.1) is 0 Å². The molecular weight excluding hydrogens is 252 g/mol. The lowest BCUT2D eigenvalue weighted by atomic mass is 10.0. The number of rotatable bonds is 1. The molecule has 4 nitrogen and oxygen atoms in total. The normalized spacial score (nSPS) is 23.2. The van der Waals surface area contributed by atoms with Gasteiger partial charge in [0, 0.05) is 18.2 Å². The van der Waals surface area contributed by atoms with Gasteiger partial charge in [0.05, 0.1) is 11.8 Å². The zero-order valence-corrected chi connectivity index (χ0v) is 11.7. The van der Waals surface area contributed by atoms with Crippen molar-refractivity contribution in [3.63, 3.8) is 0 Å². The number of nitrogens with one attached hydrogen (secondary N) is 1. The van der Waals surface area contributed by atoms with Crippen LogP contribution in [0.3, 0.4) is 0 Å². The highest BCUT2D eigenvalue weighted by Crippen LogP contribution is 2.32. The Labute approximate surface area is 119 Å². The number of hydrogen-bond acceptors (Lipinski definition) is 2. The van der Waals surface area contributed by atoms with Crippen LogP contribution in [0, 0.1) is 0 Å². The van der Waals surface area contributed by atoms with E-state index in [0.29, 0.717) is 19.0 Å². The molecule has 1 saturated carbocycles. The molecule has 1 aromatic rings. The molecule has 1 aromatic carbocycles. The summed E-state index contributed by atoms with van der Waals surface area (Å²) in [6.07, 6.45) is 5.67. The van der Waals surface area contributed by atoms with Gasteiger partial charge >= 0.3 is 6.03 Å². The maximum Gasteiger partial charge on any atom is 0.322 e. The second-order valence-electron chi connectivity index (χ2n) is 5.80. The van der Waals surface area contributed by atoms with Crippen molar-refractivity contribution >= 4 is 11.7 Å². The number of fused-ring (bicyclic) bond motifs is 1. The van der Waals surface area contributed by atoms with Crippen LogP contribution in [-0.2, 0) is 0 Å². The van der Waals surface area contributed by atoms with Crippen LogP contribution in [0.4, 0.5) is 10.5 Å². The summed E-state index contributed by atoms with van der Waals surface area (Å²) in [5.41, 5.74) is 1.72. The minimum atomic E-state index is -0.463. The Balaban J connectivity index is 1.81. The van der Waals surface area contributed by atoms with E-state index < -0.39 is 6.10 Å². The molecule has 1 fully saturated rings. The van der Waals surface area contributed by atoms with Gasteiger partial charge in [0.15, 0.2) is 0 Å².